The molecule has 0 aliphatic carbocycles. The van der Waals surface area contributed by atoms with Crippen molar-refractivity contribution in [3.05, 3.63) is 51.5 Å². The maximum atomic E-state index is 11.1. The van der Waals surface area contributed by atoms with Crippen molar-refractivity contribution in [2.24, 2.45) is 0 Å². The van der Waals surface area contributed by atoms with Gasteiger partial charge in [0.2, 0.25) is 0 Å². The molecule has 1 heterocycles. The molecule has 2 aromatic rings. The Kier molecular flexibility index (Phi) is 2.28. The maximum Gasteiger partial charge on any atom is 0.252 e. The van der Waals surface area contributed by atoms with Crippen LogP contribution in [0.25, 0.3) is 11.3 Å². The topological polar surface area (TPSA) is 48.6 Å². The van der Waals surface area contributed by atoms with Gasteiger partial charge >= 0.3 is 0 Å². The number of H-pyrrole nitrogens is 2. The van der Waals surface area contributed by atoms with Crippen LogP contribution in [0.2, 0.25) is 0 Å². The second-order valence-corrected chi connectivity index (χ2v) is 3.28. The predicted molar refractivity (Wildman–Crippen MR) is 57.7 cm³/mol. The van der Waals surface area contributed by atoms with Gasteiger partial charge < -0.3 is 4.98 Å². The van der Waals surface area contributed by atoms with Crippen molar-refractivity contribution >= 4 is 12.2 Å². The van der Waals surface area contributed by atoms with Gasteiger partial charge in [-0.05, 0) is 17.8 Å². The summed E-state index contributed by atoms with van der Waals surface area (Å²) in [5.74, 6) is 0. The molecule has 0 spiro atoms. The molecule has 0 atom stereocenters. The zero-order valence-electron chi connectivity index (χ0n) is 7.28. The first-order valence-electron chi connectivity index (χ1n) is 4.15. The average molecular weight is 206 g/mol. The molecule has 0 radical (unpaired) electrons. The molecule has 0 amide bonds. The number of rotatable bonds is 1. The number of nitrogens with one attached hydrogen (secondary N) is 2. The molecule has 1 aromatic carbocycles. The molecule has 0 aliphatic rings. The Hall–Kier alpha value is -1.68. The standard InChI is InChI=1S/C10H8N2OS/c13-9-6-8(11-10(14)12-9)7-4-2-1-3-5-7/h1-6H,(H2,11,12,13,14)/i11+1,12+1. The molecule has 0 saturated heterocycles. The molecular weight excluding hydrogens is 198 g/mol. The summed E-state index contributed by atoms with van der Waals surface area (Å²) in [7, 11) is 0. The lowest BCUT2D eigenvalue weighted by Gasteiger charge is -1.99. The summed E-state index contributed by atoms with van der Waals surface area (Å²) < 4.78 is 0.344. The summed E-state index contributed by atoms with van der Waals surface area (Å²) in [6.07, 6.45) is 0. The van der Waals surface area contributed by atoms with E-state index in [1.807, 2.05) is 30.3 Å². The van der Waals surface area contributed by atoms with Gasteiger partial charge in [-0.3, -0.25) is 9.78 Å². The van der Waals surface area contributed by atoms with Crippen LogP contribution in [0.5, 0.6) is 0 Å². The fourth-order valence-electron chi connectivity index (χ4n) is 1.24. The highest BCUT2D eigenvalue weighted by atomic mass is 32.1. The van der Waals surface area contributed by atoms with E-state index in [0.717, 1.165) is 11.3 Å². The Morgan fingerprint density at radius 2 is 1.79 bits per heavy atom. The van der Waals surface area contributed by atoms with Crippen molar-refractivity contribution in [2.75, 3.05) is 0 Å². The molecule has 0 bridgehead atoms. The first-order valence-corrected chi connectivity index (χ1v) is 4.55. The second kappa shape index (κ2) is 3.59. The van der Waals surface area contributed by atoms with Crippen molar-refractivity contribution in [3.63, 3.8) is 0 Å². The quantitative estimate of drug-likeness (QED) is 0.702. The van der Waals surface area contributed by atoms with Gasteiger partial charge in [-0.25, -0.2) is 0 Å². The van der Waals surface area contributed by atoms with E-state index in [1.54, 1.807) is 0 Å². The van der Waals surface area contributed by atoms with E-state index in [4.69, 9.17) is 12.2 Å². The van der Waals surface area contributed by atoms with Crippen molar-refractivity contribution in [1.29, 1.82) is 0 Å². The maximum absolute atomic E-state index is 11.1. The number of hydrogen-bond acceptors (Lipinski definition) is 2. The van der Waals surface area contributed by atoms with Crippen molar-refractivity contribution in [2.45, 2.75) is 0 Å². The lowest BCUT2D eigenvalue weighted by atomic mass is 10.2. The minimum atomic E-state index is -0.187. The lowest BCUT2D eigenvalue weighted by Crippen LogP contribution is -2.06. The van der Waals surface area contributed by atoms with Gasteiger partial charge in [0.05, 0.1) is 5.69 Å². The predicted octanol–water partition coefficient (Wildman–Crippen LogP) is 2.10. The number of hydrogen-bond donors (Lipinski definition) is 2. The molecular formula is C10H8N2OS. The summed E-state index contributed by atoms with van der Waals surface area (Å²) in [5.41, 5.74) is 1.50. The summed E-state index contributed by atoms with van der Waals surface area (Å²) in [5, 5.41) is 0. The van der Waals surface area contributed by atoms with Crippen molar-refractivity contribution < 1.29 is 0 Å². The van der Waals surface area contributed by atoms with Crippen LogP contribution < -0.4 is 5.56 Å². The molecule has 0 saturated carbocycles. The third-order valence-corrected chi connectivity index (χ3v) is 2.05. The molecule has 70 valence electrons. The Balaban J connectivity index is 2.64. The van der Waals surface area contributed by atoms with Gasteiger partial charge in [0, 0.05) is 6.07 Å². The molecule has 0 fully saturated rings. The minimum absolute atomic E-state index is 0.187. The van der Waals surface area contributed by atoms with Crippen LogP contribution in [0.1, 0.15) is 0 Å². The van der Waals surface area contributed by atoms with E-state index in [1.165, 1.54) is 6.07 Å². The zero-order valence-corrected chi connectivity index (χ0v) is 8.10. The Morgan fingerprint density at radius 1 is 1.07 bits per heavy atom. The van der Waals surface area contributed by atoms with E-state index in [-0.39, 0.29) is 5.56 Å². The highest BCUT2D eigenvalue weighted by Gasteiger charge is 1.97. The summed E-state index contributed by atoms with van der Waals surface area (Å²) in [6.45, 7) is 0. The number of benzene rings is 1. The first kappa shape index (κ1) is 8.90. The molecule has 2 rings (SSSR count). The molecule has 14 heavy (non-hydrogen) atoms. The van der Waals surface area contributed by atoms with Crippen LogP contribution in [0.15, 0.2) is 41.2 Å². The molecule has 0 unspecified atom stereocenters. The third-order valence-electron chi connectivity index (χ3n) is 1.85. The molecule has 2 N–H and O–H groups in total. The van der Waals surface area contributed by atoms with E-state index in [0.29, 0.717) is 4.77 Å². The summed E-state index contributed by atoms with van der Waals surface area (Å²) >= 11 is 4.88. The van der Waals surface area contributed by atoms with Crippen LogP contribution in [0.3, 0.4) is 0 Å². The fourth-order valence-corrected chi connectivity index (χ4v) is 1.45. The molecule has 3 nitrogen and oxygen atoms in total. The van der Waals surface area contributed by atoms with Crippen LogP contribution in [0.4, 0.5) is 0 Å². The molecule has 0 aliphatic heterocycles. The molecule has 4 heteroatoms. The monoisotopic (exact) mass is 206 g/mol. The highest BCUT2D eigenvalue weighted by molar-refractivity contribution is 7.71. The van der Waals surface area contributed by atoms with Gasteiger partial charge in [0.15, 0.2) is 4.77 Å². The first-order chi connectivity index (χ1) is 6.75. The number of aromatic amines is 2. The van der Waals surface area contributed by atoms with Gasteiger partial charge in [-0.1, -0.05) is 30.3 Å². The summed E-state index contributed by atoms with van der Waals surface area (Å²) in [6, 6.07) is 11.1. The van der Waals surface area contributed by atoms with E-state index >= 15 is 0 Å². The fraction of sp³-hybridized carbons (Fsp3) is 0. The average Bonchev–Trinajstić information content (AvgIpc) is 2.18. The van der Waals surface area contributed by atoms with Gasteiger partial charge in [-0.15, -0.1) is 0 Å². The lowest BCUT2D eigenvalue weighted by molar-refractivity contribution is 1.09. The van der Waals surface area contributed by atoms with Crippen molar-refractivity contribution in [1.82, 2.24) is 9.97 Å². The smallest absolute Gasteiger partial charge is 0.252 e. The van der Waals surface area contributed by atoms with Crippen LogP contribution in [-0.4, -0.2) is 9.97 Å². The van der Waals surface area contributed by atoms with E-state index in [2.05, 4.69) is 9.97 Å². The normalized spacial score (nSPS) is 10.0. The Bertz CT molecular complexity index is 514. The van der Waals surface area contributed by atoms with E-state index in [9.17, 15) is 4.79 Å². The largest absolute Gasteiger partial charge is 0.332 e. The van der Waals surface area contributed by atoms with Crippen LogP contribution >= 0.6 is 12.2 Å². The third kappa shape index (κ3) is 1.80. The molecule has 1 aromatic heterocycles. The van der Waals surface area contributed by atoms with Crippen molar-refractivity contribution in [3.8, 4) is 11.3 Å². The minimum Gasteiger partial charge on any atom is -0.332 e. The van der Waals surface area contributed by atoms with Gasteiger partial charge in [0.1, 0.15) is 0 Å². The van der Waals surface area contributed by atoms with Crippen LogP contribution in [-0.2, 0) is 0 Å². The van der Waals surface area contributed by atoms with Crippen LogP contribution in [0, 0.1) is 4.77 Å². The van der Waals surface area contributed by atoms with Gasteiger partial charge in [-0.2, -0.15) is 0 Å². The second-order valence-electron chi connectivity index (χ2n) is 2.87. The highest BCUT2D eigenvalue weighted by Crippen LogP contribution is 2.12. The van der Waals surface area contributed by atoms with E-state index < -0.39 is 0 Å². The zero-order chi connectivity index (χ0) is 9.97. The SMILES string of the molecule is O=c1cc(-c2ccccc2)[15nH]c(=S)[15nH]1. The summed E-state index contributed by atoms with van der Waals surface area (Å²) in [4.78, 5) is 16.5. The number of aromatic nitrogens is 2. The Morgan fingerprint density at radius 3 is 2.43 bits per heavy atom. The van der Waals surface area contributed by atoms with Gasteiger partial charge in [0.25, 0.3) is 5.56 Å². The Labute approximate surface area is 85.4 Å².